The molecule has 6 nitrogen and oxygen atoms in total. The van der Waals surface area contributed by atoms with Gasteiger partial charge in [0.2, 0.25) is 0 Å². The van der Waals surface area contributed by atoms with Crippen molar-refractivity contribution >= 4 is 23.8 Å². The average molecular weight is 311 g/mol. The second-order valence-corrected chi connectivity index (χ2v) is 5.95. The molecule has 0 aliphatic heterocycles. The molecule has 3 N–H and O–H groups in total. The number of carboxylic acids is 1. The lowest BCUT2D eigenvalue weighted by atomic mass is 10.2. The standard InChI is InChI=1S/C14H21N3O3S/c1-3-21-7-5-10(2)17-14(20)16-9-12-8-11(13(18)19)4-6-15-12/h4,6,8,10H,3,5,7,9H2,1-2H3,(H,18,19)(H2,16,17,20). The number of amides is 2. The number of nitrogens with zero attached hydrogens (tertiary/aromatic N) is 1. The lowest BCUT2D eigenvalue weighted by Crippen LogP contribution is -2.40. The molecule has 0 saturated carbocycles. The number of nitrogens with one attached hydrogen (secondary N) is 2. The number of urea groups is 1. The minimum atomic E-state index is -1.01. The molecule has 1 aromatic rings. The highest BCUT2D eigenvalue weighted by Gasteiger charge is 2.08. The van der Waals surface area contributed by atoms with Crippen molar-refractivity contribution < 1.29 is 14.7 Å². The maximum Gasteiger partial charge on any atom is 0.335 e. The summed E-state index contributed by atoms with van der Waals surface area (Å²) in [6.07, 6.45) is 2.33. The Morgan fingerprint density at radius 2 is 2.24 bits per heavy atom. The van der Waals surface area contributed by atoms with E-state index in [0.717, 1.165) is 17.9 Å². The van der Waals surface area contributed by atoms with E-state index in [4.69, 9.17) is 5.11 Å². The number of pyridine rings is 1. The van der Waals surface area contributed by atoms with Crippen molar-refractivity contribution in [1.29, 1.82) is 0 Å². The fourth-order valence-electron chi connectivity index (χ4n) is 1.63. The maximum atomic E-state index is 11.7. The Morgan fingerprint density at radius 3 is 2.90 bits per heavy atom. The predicted octanol–water partition coefficient (Wildman–Crippen LogP) is 2.11. The normalized spacial score (nSPS) is 11.7. The van der Waals surface area contributed by atoms with E-state index < -0.39 is 5.97 Å². The molecule has 0 bridgehead atoms. The van der Waals surface area contributed by atoms with Crippen LogP contribution in [0.15, 0.2) is 18.3 Å². The van der Waals surface area contributed by atoms with Crippen molar-refractivity contribution in [1.82, 2.24) is 15.6 Å². The second-order valence-electron chi connectivity index (χ2n) is 4.55. The molecule has 1 unspecified atom stereocenters. The third-order valence-corrected chi connectivity index (χ3v) is 3.70. The Balaban J connectivity index is 2.35. The van der Waals surface area contributed by atoms with Gasteiger partial charge in [-0.05, 0) is 37.0 Å². The maximum absolute atomic E-state index is 11.7. The largest absolute Gasteiger partial charge is 0.478 e. The molecule has 2 amide bonds. The van der Waals surface area contributed by atoms with Crippen LogP contribution in [0.4, 0.5) is 4.79 Å². The molecule has 0 radical (unpaired) electrons. The minimum absolute atomic E-state index is 0.0994. The summed E-state index contributed by atoms with van der Waals surface area (Å²) in [6, 6.07) is 2.69. The van der Waals surface area contributed by atoms with Crippen LogP contribution >= 0.6 is 11.8 Å². The van der Waals surface area contributed by atoms with Crippen LogP contribution in [0.25, 0.3) is 0 Å². The summed E-state index contributed by atoms with van der Waals surface area (Å²) >= 11 is 1.84. The number of rotatable bonds is 8. The van der Waals surface area contributed by atoms with Crippen molar-refractivity contribution in [3.8, 4) is 0 Å². The molecule has 1 heterocycles. The Bertz CT molecular complexity index is 482. The van der Waals surface area contributed by atoms with Crippen LogP contribution in [0.1, 0.15) is 36.3 Å². The highest BCUT2D eigenvalue weighted by Crippen LogP contribution is 2.04. The number of carbonyl (C=O) groups excluding carboxylic acids is 1. The summed E-state index contributed by atoms with van der Waals surface area (Å²) < 4.78 is 0. The quantitative estimate of drug-likeness (QED) is 0.640. The first-order valence-electron chi connectivity index (χ1n) is 6.83. The van der Waals surface area contributed by atoms with Gasteiger partial charge in [-0.3, -0.25) is 4.98 Å². The van der Waals surface area contributed by atoms with Gasteiger partial charge in [0.25, 0.3) is 0 Å². The van der Waals surface area contributed by atoms with Gasteiger partial charge in [0.05, 0.1) is 17.8 Å². The van der Waals surface area contributed by atoms with E-state index in [0.29, 0.717) is 5.69 Å². The first-order chi connectivity index (χ1) is 10.0. The van der Waals surface area contributed by atoms with Gasteiger partial charge < -0.3 is 15.7 Å². The molecule has 1 atom stereocenters. The van der Waals surface area contributed by atoms with Gasteiger partial charge in [0.15, 0.2) is 0 Å². The van der Waals surface area contributed by atoms with E-state index in [9.17, 15) is 9.59 Å². The first-order valence-corrected chi connectivity index (χ1v) is 7.98. The number of hydrogen-bond donors (Lipinski definition) is 3. The summed E-state index contributed by atoms with van der Waals surface area (Å²) in [7, 11) is 0. The topological polar surface area (TPSA) is 91.3 Å². The molecule has 0 spiro atoms. The van der Waals surface area contributed by atoms with E-state index in [1.807, 2.05) is 18.7 Å². The molecule has 0 saturated heterocycles. The van der Waals surface area contributed by atoms with E-state index in [1.54, 1.807) is 0 Å². The first kappa shape index (κ1) is 17.3. The van der Waals surface area contributed by atoms with Crippen LogP contribution in [0, 0.1) is 0 Å². The molecule has 116 valence electrons. The number of carboxylic acid groups (broad SMARTS) is 1. The summed E-state index contributed by atoms with van der Waals surface area (Å²) in [5.74, 6) is 1.08. The van der Waals surface area contributed by atoms with Crippen LogP contribution < -0.4 is 10.6 Å². The van der Waals surface area contributed by atoms with Gasteiger partial charge in [-0.1, -0.05) is 6.92 Å². The molecular formula is C14H21N3O3S. The van der Waals surface area contributed by atoms with Crippen LogP contribution in [0.3, 0.4) is 0 Å². The Labute approximate surface area is 128 Å². The molecule has 1 aromatic heterocycles. The van der Waals surface area contributed by atoms with Crippen molar-refractivity contribution in [3.63, 3.8) is 0 Å². The van der Waals surface area contributed by atoms with Gasteiger partial charge in [-0.2, -0.15) is 11.8 Å². The van der Waals surface area contributed by atoms with Crippen LogP contribution in [-0.4, -0.2) is 39.6 Å². The summed E-state index contributed by atoms with van der Waals surface area (Å²) in [5.41, 5.74) is 0.673. The van der Waals surface area contributed by atoms with Crippen molar-refractivity contribution in [3.05, 3.63) is 29.6 Å². The number of thioether (sulfide) groups is 1. The second kappa shape index (κ2) is 9.23. The Kier molecular flexibility index (Phi) is 7.60. The number of carbonyl (C=O) groups is 2. The van der Waals surface area contributed by atoms with Crippen molar-refractivity contribution in [2.75, 3.05) is 11.5 Å². The third-order valence-electron chi connectivity index (χ3n) is 2.77. The zero-order valence-corrected chi connectivity index (χ0v) is 13.1. The van der Waals surface area contributed by atoms with E-state index >= 15 is 0 Å². The Morgan fingerprint density at radius 1 is 1.48 bits per heavy atom. The van der Waals surface area contributed by atoms with E-state index in [1.165, 1.54) is 18.3 Å². The van der Waals surface area contributed by atoms with E-state index in [-0.39, 0.29) is 24.2 Å². The number of aromatic carboxylic acids is 1. The zero-order chi connectivity index (χ0) is 15.7. The summed E-state index contributed by atoms with van der Waals surface area (Å²) in [4.78, 5) is 26.6. The van der Waals surface area contributed by atoms with Crippen molar-refractivity contribution in [2.45, 2.75) is 32.9 Å². The molecule has 1 rings (SSSR count). The lowest BCUT2D eigenvalue weighted by Gasteiger charge is -2.14. The zero-order valence-electron chi connectivity index (χ0n) is 12.3. The Hall–Kier alpha value is -1.76. The predicted molar refractivity (Wildman–Crippen MR) is 83.6 cm³/mol. The number of aromatic nitrogens is 1. The smallest absolute Gasteiger partial charge is 0.335 e. The third kappa shape index (κ3) is 6.99. The highest BCUT2D eigenvalue weighted by molar-refractivity contribution is 7.99. The average Bonchev–Trinajstić information content (AvgIpc) is 2.45. The number of hydrogen-bond acceptors (Lipinski definition) is 4. The summed E-state index contributed by atoms with van der Waals surface area (Å²) in [5, 5.41) is 14.4. The van der Waals surface area contributed by atoms with Crippen LogP contribution in [0.2, 0.25) is 0 Å². The van der Waals surface area contributed by atoms with Gasteiger partial charge in [0.1, 0.15) is 0 Å². The van der Waals surface area contributed by atoms with Crippen molar-refractivity contribution in [2.24, 2.45) is 0 Å². The minimum Gasteiger partial charge on any atom is -0.478 e. The van der Waals surface area contributed by atoms with Gasteiger partial charge >= 0.3 is 12.0 Å². The van der Waals surface area contributed by atoms with Crippen LogP contribution in [-0.2, 0) is 6.54 Å². The fraction of sp³-hybridized carbons (Fsp3) is 0.500. The molecule has 0 aliphatic carbocycles. The molecule has 0 fully saturated rings. The summed E-state index contributed by atoms with van der Waals surface area (Å²) in [6.45, 7) is 4.26. The molecular weight excluding hydrogens is 290 g/mol. The SMILES string of the molecule is CCSCCC(C)NC(=O)NCc1cc(C(=O)O)ccn1. The molecule has 21 heavy (non-hydrogen) atoms. The molecule has 7 heteroatoms. The van der Waals surface area contributed by atoms with Gasteiger partial charge in [-0.25, -0.2) is 9.59 Å². The molecule has 0 aromatic carbocycles. The fourth-order valence-corrected chi connectivity index (χ4v) is 2.44. The van der Waals surface area contributed by atoms with Crippen LogP contribution in [0.5, 0.6) is 0 Å². The molecule has 0 aliphatic rings. The van der Waals surface area contributed by atoms with Gasteiger partial charge in [0, 0.05) is 12.2 Å². The lowest BCUT2D eigenvalue weighted by molar-refractivity contribution is 0.0696. The van der Waals surface area contributed by atoms with E-state index in [2.05, 4.69) is 22.5 Å². The highest BCUT2D eigenvalue weighted by atomic mass is 32.2. The van der Waals surface area contributed by atoms with Gasteiger partial charge in [-0.15, -0.1) is 0 Å². The monoisotopic (exact) mass is 311 g/mol.